The minimum atomic E-state index is -4.87. The van der Waals surface area contributed by atoms with Crippen LogP contribution in [0, 0.1) is 0 Å². The smallest absolute Gasteiger partial charge is 0.405 e. The number of carbonyl (C=O) groups is 1. The molecule has 4 rings (SSSR count). The van der Waals surface area contributed by atoms with E-state index in [9.17, 15) is 18.0 Å². The lowest BCUT2D eigenvalue weighted by Gasteiger charge is -2.40. The number of halogens is 3. The van der Waals surface area contributed by atoms with Gasteiger partial charge in [0, 0.05) is 38.1 Å². The maximum Gasteiger partial charge on any atom is 0.573 e. The number of alkyl halides is 3. The van der Waals surface area contributed by atoms with Crippen molar-refractivity contribution in [2.45, 2.75) is 49.8 Å². The Morgan fingerprint density at radius 2 is 1.97 bits per heavy atom. The molecule has 2 heterocycles. The van der Waals surface area contributed by atoms with E-state index in [2.05, 4.69) is 14.9 Å². The highest BCUT2D eigenvalue weighted by Gasteiger charge is 2.43. The fraction of sp³-hybridized carbons (Fsp3) is 0.571. The standard InChI is InChI=1S/C21H24F3N3O4/c1-29-13-10-20(19-25-17(31-26-19)14-6-7-14)8-11-27(12-9-20)18(28)15-4-2-3-5-16(15)30-21(22,23)24/h2-5,14H,6-13H2,1H3. The van der Waals surface area contributed by atoms with E-state index in [0.717, 1.165) is 18.9 Å². The van der Waals surface area contributed by atoms with Crippen molar-refractivity contribution in [2.24, 2.45) is 0 Å². The van der Waals surface area contributed by atoms with Crippen LogP contribution < -0.4 is 4.74 Å². The second-order valence-electron chi connectivity index (χ2n) is 8.09. The summed E-state index contributed by atoms with van der Waals surface area (Å²) in [6.07, 6.45) is -0.973. The largest absolute Gasteiger partial charge is 0.573 e. The van der Waals surface area contributed by atoms with Gasteiger partial charge in [0.2, 0.25) is 5.89 Å². The van der Waals surface area contributed by atoms with E-state index in [-0.39, 0.29) is 5.56 Å². The van der Waals surface area contributed by atoms with Crippen LogP contribution in [-0.4, -0.2) is 54.1 Å². The molecule has 0 unspecified atom stereocenters. The van der Waals surface area contributed by atoms with E-state index in [4.69, 9.17) is 9.26 Å². The highest BCUT2D eigenvalue weighted by Crippen LogP contribution is 2.42. The van der Waals surface area contributed by atoms with Crippen molar-refractivity contribution >= 4 is 5.91 Å². The number of hydrogen-bond donors (Lipinski definition) is 0. The SMILES string of the molecule is COCCC1(c2noc(C3CC3)n2)CCN(C(=O)c2ccccc2OC(F)(F)F)CC1. The van der Waals surface area contributed by atoms with Crippen LogP contribution in [-0.2, 0) is 10.2 Å². The number of hydrogen-bond acceptors (Lipinski definition) is 6. The molecule has 2 fully saturated rings. The van der Waals surface area contributed by atoms with Crippen molar-refractivity contribution < 1.29 is 32.0 Å². The summed E-state index contributed by atoms with van der Waals surface area (Å²) in [7, 11) is 1.62. The molecule has 0 spiro atoms. The van der Waals surface area contributed by atoms with Crippen molar-refractivity contribution in [2.75, 3.05) is 26.8 Å². The predicted octanol–water partition coefficient (Wildman–Crippen LogP) is 4.06. The quantitative estimate of drug-likeness (QED) is 0.648. The molecule has 1 aromatic carbocycles. The Morgan fingerprint density at radius 3 is 2.61 bits per heavy atom. The highest BCUT2D eigenvalue weighted by atomic mass is 19.4. The number of benzene rings is 1. The highest BCUT2D eigenvalue weighted by molar-refractivity contribution is 5.97. The summed E-state index contributed by atoms with van der Waals surface area (Å²) in [5, 5.41) is 4.22. The maximum absolute atomic E-state index is 13.0. The molecule has 1 amide bonds. The van der Waals surface area contributed by atoms with Gasteiger partial charge in [0.25, 0.3) is 5.91 Å². The molecule has 1 aliphatic carbocycles. The summed E-state index contributed by atoms with van der Waals surface area (Å²) >= 11 is 0. The summed E-state index contributed by atoms with van der Waals surface area (Å²) in [6.45, 7) is 1.22. The third kappa shape index (κ3) is 4.84. The number of amides is 1. The van der Waals surface area contributed by atoms with E-state index in [0.29, 0.717) is 56.6 Å². The minimum Gasteiger partial charge on any atom is -0.405 e. The molecule has 2 aliphatic rings. The first kappa shape index (κ1) is 21.6. The van der Waals surface area contributed by atoms with Gasteiger partial charge in [-0.15, -0.1) is 13.2 Å². The summed E-state index contributed by atoms with van der Waals surface area (Å²) in [6, 6.07) is 5.41. The summed E-state index contributed by atoms with van der Waals surface area (Å²) in [4.78, 5) is 19.1. The number of likely N-dealkylation sites (tertiary alicyclic amines) is 1. The molecule has 10 heteroatoms. The van der Waals surface area contributed by atoms with Crippen LogP contribution in [0.25, 0.3) is 0 Å². The molecule has 0 radical (unpaired) electrons. The van der Waals surface area contributed by atoms with E-state index in [1.165, 1.54) is 18.2 Å². The van der Waals surface area contributed by atoms with Gasteiger partial charge in [0.15, 0.2) is 5.82 Å². The molecule has 0 N–H and O–H groups in total. The van der Waals surface area contributed by atoms with Crippen molar-refractivity contribution in [3.63, 3.8) is 0 Å². The minimum absolute atomic E-state index is 0.111. The van der Waals surface area contributed by atoms with Gasteiger partial charge >= 0.3 is 6.36 Å². The number of methoxy groups -OCH3 is 1. The third-order valence-corrected chi connectivity index (χ3v) is 5.98. The number of carbonyl (C=O) groups excluding carboxylic acids is 1. The van der Waals surface area contributed by atoms with Crippen LogP contribution in [0.4, 0.5) is 13.2 Å². The number of nitrogens with zero attached hydrogens (tertiary/aromatic N) is 3. The Hall–Kier alpha value is -2.62. The number of piperidine rings is 1. The molecular weight excluding hydrogens is 415 g/mol. The molecule has 0 atom stereocenters. The number of aromatic nitrogens is 2. The molecule has 1 saturated heterocycles. The van der Waals surface area contributed by atoms with E-state index >= 15 is 0 Å². The van der Waals surface area contributed by atoms with Crippen LogP contribution in [0.3, 0.4) is 0 Å². The number of ether oxygens (including phenoxy) is 2. The first-order valence-electron chi connectivity index (χ1n) is 10.3. The second-order valence-corrected chi connectivity index (χ2v) is 8.09. The third-order valence-electron chi connectivity index (χ3n) is 5.98. The molecule has 7 nitrogen and oxygen atoms in total. The van der Waals surface area contributed by atoms with Gasteiger partial charge in [-0.2, -0.15) is 4.98 Å². The van der Waals surface area contributed by atoms with E-state index in [1.54, 1.807) is 12.0 Å². The monoisotopic (exact) mass is 439 g/mol. The maximum atomic E-state index is 13.0. The van der Waals surface area contributed by atoms with Gasteiger partial charge in [0.1, 0.15) is 5.75 Å². The first-order chi connectivity index (χ1) is 14.8. The predicted molar refractivity (Wildman–Crippen MR) is 103 cm³/mol. The number of para-hydroxylation sites is 1. The second kappa shape index (κ2) is 8.49. The van der Waals surface area contributed by atoms with Crippen molar-refractivity contribution in [1.82, 2.24) is 15.0 Å². The van der Waals surface area contributed by atoms with Crippen molar-refractivity contribution in [3.05, 3.63) is 41.5 Å². The zero-order valence-electron chi connectivity index (χ0n) is 17.2. The van der Waals surface area contributed by atoms with Crippen LogP contribution >= 0.6 is 0 Å². The zero-order chi connectivity index (χ0) is 22.1. The molecule has 2 aromatic rings. The van der Waals surface area contributed by atoms with Crippen LogP contribution in [0.1, 0.15) is 60.1 Å². The molecule has 1 saturated carbocycles. The fourth-order valence-corrected chi connectivity index (χ4v) is 3.99. The lowest BCUT2D eigenvalue weighted by atomic mass is 9.75. The van der Waals surface area contributed by atoms with Gasteiger partial charge in [-0.1, -0.05) is 17.3 Å². The topological polar surface area (TPSA) is 77.7 Å². The Labute approximate surface area is 177 Å². The average Bonchev–Trinajstić information content (AvgIpc) is 3.47. The Balaban J connectivity index is 1.50. The average molecular weight is 439 g/mol. The molecule has 31 heavy (non-hydrogen) atoms. The van der Waals surface area contributed by atoms with Gasteiger partial charge < -0.3 is 18.9 Å². The lowest BCUT2D eigenvalue weighted by molar-refractivity contribution is -0.274. The van der Waals surface area contributed by atoms with Crippen molar-refractivity contribution in [1.29, 1.82) is 0 Å². The molecular formula is C21H24F3N3O4. The molecule has 1 aromatic heterocycles. The van der Waals surface area contributed by atoms with Crippen LogP contribution in [0.15, 0.2) is 28.8 Å². The number of rotatable bonds is 7. The van der Waals surface area contributed by atoms with Gasteiger partial charge in [-0.25, -0.2) is 0 Å². The molecule has 168 valence electrons. The Kier molecular flexibility index (Phi) is 5.92. The summed E-state index contributed by atoms with van der Waals surface area (Å²) in [5.74, 6) is 0.630. The normalized spacial score (nSPS) is 18.8. The van der Waals surface area contributed by atoms with Gasteiger partial charge in [-0.05, 0) is 44.2 Å². The van der Waals surface area contributed by atoms with Crippen LogP contribution in [0.5, 0.6) is 5.75 Å². The molecule has 0 bridgehead atoms. The van der Waals surface area contributed by atoms with Gasteiger partial charge in [-0.3, -0.25) is 4.79 Å². The Bertz CT molecular complexity index is 919. The van der Waals surface area contributed by atoms with Crippen LogP contribution in [0.2, 0.25) is 0 Å². The van der Waals surface area contributed by atoms with E-state index in [1.807, 2.05) is 0 Å². The molecule has 1 aliphatic heterocycles. The zero-order valence-corrected chi connectivity index (χ0v) is 17.2. The van der Waals surface area contributed by atoms with Crippen molar-refractivity contribution in [3.8, 4) is 5.75 Å². The van der Waals surface area contributed by atoms with E-state index < -0.39 is 23.4 Å². The Morgan fingerprint density at radius 1 is 1.26 bits per heavy atom. The first-order valence-corrected chi connectivity index (χ1v) is 10.3. The van der Waals surface area contributed by atoms with Gasteiger partial charge in [0.05, 0.1) is 5.56 Å². The lowest BCUT2D eigenvalue weighted by Crippen LogP contribution is -2.46. The summed E-state index contributed by atoms with van der Waals surface area (Å²) < 4.78 is 52.9. The summed E-state index contributed by atoms with van der Waals surface area (Å²) in [5.41, 5.74) is -0.509. The fourth-order valence-electron chi connectivity index (χ4n) is 3.99.